The highest BCUT2D eigenvalue weighted by Crippen LogP contribution is 2.27. The van der Waals surface area contributed by atoms with E-state index in [4.69, 9.17) is 9.47 Å². The van der Waals surface area contributed by atoms with Gasteiger partial charge in [0.05, 0.1) is 20.8 Å². The van der Waals surface area contributed by atoms with Crippen molar-refractivity contribution in [3.05, 3.63) is 48.0 Å². The van der Waals surface area contributed by atoms with E-state index in [1.54, 1.807) is 14.2 Å². The number of nitrogens with one attached hydrogen (secondary N) is 2. The fourth-order valence-corrected chi connectivity index (χ4v) is 3.38. The Labute approximate surface area is 166 Å². The summed E-state index contributed by atoms with van der Waals surface area (Å²) >= 11 is 0. The quantitative estimate of drug-likeness (QED) is 0.731. The first-order chi connectivity index (χ1) is 13.7. The molecule has 1 saturated heterocycles. The van der Waals surface area contributed by atoms with Crippen molar-refractivity contribution in [2.75, 3.05) is 44.1 Å². The third-order valence-corrected chi connectivity index (χ3v) is 4.98. The molecule has 2 aromatic rings. The van der Waals surface area contributed by atoms with Gasteiger partial charge in [0, 0.05) is 31.0 Å². The lowest BCUT2D eigenvalue weighted by Gasteiger charge is -2.28. The van der Waals surface area contributed by atoms with Gasteiger partial charge < -0.3 is 25.0 Å². The first-order valence-corrected chi connectivity index (χ1v) is 9.76. The van der Waals surface area contributed by atoms with Gasteiger partial charge >= 0.3 is 0 Å². The number of amides is 1. The van der Waals surface area contributed by atoms with Gasteiger partial charge in [0.25, 0.3) is 0 Å². The summed E-state index contributed by atoms with van der Waals surface area (Å²) in [5.74, 6) is 1.27. The van der Waals surface area contributed by atoms with Crippen LogP contribution in [0.4, 0.5) is 11.4 Å². The number of piperidine rings is 1. The minimum atomic E-state index is -0.0603. The maximum atomic E-state index is 12.1. The largest absolute Gasteiger partial charge is 0.493 e. The Morgan fingerprint density at radius 1 is 0.964 bits per heavy atom. The molecule has 28 heavy (non-hydrogen) atoms. The van der Waals surface area contributed by atoms with E-state index in [0.717, 1.165) is 24.3 Å². The molecule has 0 spiro atoms. The summed E-state index contributed by atoms with van der Waals surface area (Å²) in [5, 5.41) is 6.09. The lowest BCUT2D eigenvalue weighted by molar-refractivity contribution is -0.119. The van der Waals surface area contributed by atoms with Crippen LogP contribution in [0.15, 0.2) is 42.5 Å². The summed E-state index contributed by atoms with van der Waals surface area (Å²) in [6.07, 6.45) is 3.86. The van der Waals surface area contributed by atoms with Gasteiger partial charge in [-0.2, -0.15) is 0 Å². The summed E-state index contributed by atoms with van der Waals surface area (Å²) < 4.78 is 10.5. The van der Waals surface area contributed by atoms with E-state index in [2.05, 4.69) is 27.7 Å². The van der Waals surface area contributed by atoms with Gasteiger partial charge in [-0.3, -0.25) is 4.79 Å². The summed E-state index contributed by atoms with van der Waals surface area (Å²) in [5.41, 5.74) is 3.15. The molecule has 2 N–H and O–H groups in total. The van der Waals surface area contributed by atoms with Crippen LogP contribution in [0.3, 0.4) is 0 Å². The third-order valence-electron chi connectivity index (χ3n) is 4.98. The highest BCUT2D eigenvalue weighted by molar-refractivity contribution is 5.80. The zero-order valence-corrected chi connectivity index (χ0v) is 16.7. The van der Waals surface area contributed by atoms with Gasteiger partial charge in [-0.05, 0) is 61.2 Å². The Kier molecular flexibility index (Phi) is 7.00. The van der Waals surface area contributed by atoms with Crippen molar-refractivity contribution in [3.8, 4) is 11.5 Å². The van der Waals surface area contributed by atoms with Crippen LogP contribution in [0.2, 0.25) is 0 Å². The van der Waals surface area contributed by atoms with E-state index in [9.17, 15) is 4.79 Å². The van der Waals surface area contributed by atoms with Crippen molar-refractivity contribution < 1.29 is 14.3 Å². The first-order valence-electron chi connectivity index (χ1n) is 9.76. The van der Waals surface area contributed by atoms with Gasteiger partial charge in [0.1, 0.15) is 0 Å². The summed E-state index contributed by atoms with van der Waals surface area (Å²) in [6, 6.07) is 13.9. The number of anilines is 2. The van der Waals surface area contributed by atoms with Crippen LogP contribution >= 0.6 is 0 Å². The number of carbonyl (C=O) groups is 1. The molecule has 0 unspecified atom stereocenters. The Morgan fingerprint density at radius 2 is 1.68 bits per heavy atom. The van der Waals surface area contributed by atoms with E-state index in [1.165, 1.54) is 24.9 Å². The molecular weight excluding hydrogens is 354 g/mol. The molecule has 0 bridgehead atoms. The van der Waals surface area contributed by atoms with E-state index < -0.39 is 0 Å². The zero-order chi connectivity index (χ0) is 19.8. The van der Waals surface area contributed by atoms with E-state index in [-0.39, 0.29) is 12.5 Å². The van der Waals surface area contributed by atoms with Crippen molar-refractivity contribution in [2.45, 2.75) is 25.8 Å². The van der Waals surface area contributed by atoms with Crippen molar-refractivity contribution >= 4 is 17.3 Å². The van der Waals surface area contributed by atoms with Crippen LogP contribution < -0.4 is 25.0 Å². The molecule has 0 atom stereocenters. The standard InChI is InChI=1S/C22H29N3O3/c1-27-20-11-6-17(14-21(20)28-2)15-24-22(26)16-23-18-7-9-19(10-8-18)25-12-4-3-5-13-25/h6-11,14,23H,3-5,12-13,15-16H2,1-2H3,(H,24,26). The minimum Gasteiger partial charge on any atom is -0.493 e. The van der Waals surface area contributed by atoms with Crippen molar-refractivity contribution in [1.82, 2.24) is 5.32 Å². The number of hydrogen-bond acceptors (Lipinski definition) is 5. The average molecular weight is 383 g/mol. The predicted molar refractivity (Wildman–Crippen MR) is 112 cm³/mol. The number of hydrogen-bond donors (Lipinski definition) is 2. The molecule has 1 amide bonds. The molecule has 0 radical (unpaired) electrons. The molecule has 6 heteroatoms. The number of carbonyl (C=O) groups excluding carboxylic acids is 1. The molecule has 1 aliphatic rings. The normalized spacial score (nSPS) is 13.7. The second-order valence-electron chi connectivity index (χ2n) is 6.91. The van der Waals surface area contributed by atoms with Crippen molar-refractivity contribution in [2.24, 2.45) is 0 Å². The van der Waals surface area contributed by atoms with Crippen LogP contribution in [-0.2, 0) is 11.3 Å². The summed E-state index contributed by atoms with van der Waals surface area (Å²) in [6.45, 7) is 2.93. The topological polar surface area (TPSA) is 62.8 Å². The van der Waals surface area contributed by atoms with Crippen LogP contribution in [0.1, 0.15) is 24.8 Å². The van der Waals surface area contributed by atoms with Crippen LogP contribution in [0.5, 0.6) is 11.5 Å². The average Bonchev–Trinajstić information content (AvgIpc) is 2.77. The molecule has 0 aliphatic carbocycles. The van der Waals surface area contributed by atoms with Gasteiger partial charge in [0.15, 0.2) is 11.5 Å². The number of ether oxygens (including phenoxy) is 2. The zero-order valence-electron chi connectivity index (χ0n) is 16.7. The Hall–Kier alpha value is -2.89. The smallest absolute Gasteiger partial charge is 0.239 e. The molecule has 150 valence electrons. The maximum absolute atomic E-state index is 12.1. The lowest BCUT2D eigenvalue weighted by atomic mass is 10.1. The van der Waals surface area contributed by atoms with Crippen LogP contribution in [0.25, 0.3) is 0 Å². The molecular formula is C22H29N3O3. The Balaban J connectivity index is 1.45. The lowest BCUT2D eigenvalue weighted by Crippen LogP contribution is -2.30. The van der Waals surface area contributed by atoms with Crippen LogP contribution in [-0.4, -0.2) is 39.8 Å². The van der Waals surface area contributed by atoms with Gasteiger partial charge in [-0.1, -0.05) is 6.07 Å². The molecule has 6 nitrogen and oxygen atoms in total. The highest BCUT2D eigenvalue weighted by atomic mass is 16.5. The van der Waals surface area contributed by atoms with Crippen LogP contribution in [0, 0.1) is 0 Å². The predicted octanol–water partition coefficient (Wildman–Crippen LogP) is 3.42. The number of rotatable bonds is 8. The SMILES string of the molecule is COc1ccc(CNC(=O)CNc2ccc(N3CCCCC3)cc2)cc1OC. The van der Waals surface area contributed by atoms with E-state index in [1.807, 2.05) is 30.3 Å². The fourth-order valence-electron chi connectivity index (χ4n) is 3.38. The second-order valence-corrected chi connectivity index (χ2v) is 6.91. The number of nitrogens with zero attached hydrogens (tertiary/aromatic N) is 1. The highest BCUT2D eigenvalue weighted by Gasteiger charge is 2.11. The second kappa shape index (κ2) is 9.88. The molecule has 1 fully saturated rings. The molecule has 3 rings (SSSR count). The first kappa shape index (κ1) is 19.9. The maximum Gasteiger partial charge on any atom is 0.239 e. The Bertz CT molecular complexity index is 771. The van der Waals surface area contributed by atoms with Crippen molar-refractivity contribution in [3.63, 3.8) is 0 Å². The van der Waals surface area contributed by atoms with Gasteiger partial charge in [0.2, 0.25) is 5.91 Å². The third kappa shape index (κ3) is 5.31. The molecule has 1 aliphatic heterocycles. The van der Waals surface area contributed by atoms with E-state index >= 15 is 0 Å². The molecule has 0 aromatic heterocycles. The Morgan fingerprint density at radius 3 is 2.36 bits per heavy atom. The summed E-state index contributed by atoms with van der Waals surface area (Å²) in [4.78, 5) is 14.6. The van der Waals surface area contributed by atoms with Crippen molar-refractivity contribution in [1.29, 1.82) is 0 Å². The van der Waals surface area contributed by atoms with E-state index in [0.29, 0.717) is 18.0 Å². The van der Waals surface area contributed by atoms with Gasteiger partial charge in [-0.25, -0.2) is 0 Å². The summed E-state index contributed by atoms with van der Waals surface area (Å²) in [7, 11) is 3.20. The number of benzene rings is 2. The van der Waals surface area contributed by atoms with Gasteiger partial charge in [-0.15, -0.1) is 0 Å². The fraction of sp³-hybridized carbons (Fsp3) is 0.409. The molecule has 2 aromatic carbocycles. The number of methoxy groups -OCH3 is 2. The molecule has 1 heterocycles. The minimum absolute atomic E-state index is 0.0603. The molecule has 0 saturated carbocycles. The monoisotopic (exact) mass is 383 g/mol.